The fourth-order valence-corrected chi connectivity index (χ4v) is 4.87. The fourth-order valence-electron chi connectivity index (χ4n) is 4.69. The topological polar surface area (TPSA) is 69.0 Å². The highest BCUT2D eigenvalue weighted by Gasteiger charge is 2.34. The van der Waals surface area contributed by atoms with E-state index in [0.29, 0.717) is 42.6 Å². The molecule has 1 N–H and O–H groups in total. The summed E-state index contributed by atoms with van der Waals surface area (Å²) < 4.78 is 19.7. The number of likely N-dealkylation sites (tertiary alicyclic amines) is 1. The van der Waals surface area contributed by atoms with Gasteiger partial charge in [-0.15, -0.1) is 0 Å². The maximum Gasteiger partial charge on any atom is 0.161 e. The molecule has 0 bridgehead atoms. The minimum absolute atomic E-state index is 0.206. The predicted molar refractivity (Wildman–Crippen MR) is 141 cm³/mol. The Hall–Kier alpha value is -2.74. The van der Waals surface area contributed by atoms with Crippen LogP contribution in [0.4, 0.5) is 0 Å². The van der Waals surface area contributed by atoms with Crippen molar-refractivity contribution in [3.63, 3.8) is 0 Å². The van der Waals surface area contributed by atoms with E-state index in [4.69, 9.17) is 25.8 Å². The van der Waals surface area contributed by atoms with Gasteiger partial charge in [0.25, 0.3) is 0 Å². The fraction of sp³-hybridized carbons (Fsp3) is 0.464. The van der Waals surface area contributed by atoms with E-state index in [1.165, 1.54) is 0 Å². The van der Waals surface area contributed by atoms with Crippen molar-refractivity contribution in [2.45, 2.75) is 51.8 Å². The Labute approximate surface area is 218 Å². The molecule has 1 unspecified atom stereocenters. The van der Waals surface area contributed by atoms with Crippen molar-refractivity contribution in [3.05, 3.63) is 70.8 Å². The number of aryl methyl sites for hydroxylation is 2. The second kappa shape index (κ2) is 12.0. The van der Waals surface area contributed by atoms with E-state index in [0.717, 1.165) is 48.6 Å². The van der Waals surface area contributed by atoms with Crippen LogP contribution >= 0.6 is 11.6 Å². The summed E-state index contributed by atoms with van der Waals surface area (Å²) in [4.78, 5) is 6.62. The van der Waals surface area contributed by atoms with Crippen molar-refractivity contribution in [2.75, 3.05) is 33.4 Å². The number of hydrogen-bond donors (Lipinski definition) is 1. The molecule has 0 aliphatic carbocycles. The predicted octanol–water partition coefficient (Wildman–Crippen LogP) is 4.90. The maximum absolute atomic E-state index is 11.3. The molecule has 3 aromatic rings. The normalized spacial score (nSPS) is 18.2. The van der Waals surface area contributed by atoms with Crippen LogP contribution in [0.5, 0.6) is 17.2 Å². The third-order valence-corrected chi connectivity index (χ3v) is 6.87. The molecule has 8 heteroatoms. The van der Waals surface area contributed by atoms with Crippen LogP contribution in [0.25, 0.3) is 0 Å². The molecule has 194 valence electrons. The number of hydrogen-bond acceptors (Lipinski definition) is 6. The SMILES string of the molecule is CCc1nccn1CCOc1cc(CN2CCCC(O)(COc3cc(C)ccc3Cl)C2)ccc1OC. The summed E-state index contributed by atoms with van der Waals surface area (Å²) in [6.07, 6.45) is 6.27. The van der Waals surface area contributed by atoms with E-state index >= 15 is 0 Å². The summed E-state index contributed by atoms with van der Waals surface area (Å²) in [6, 6.07) is 11.7. The van der Waals surface area contributed by atoms with Crippen molar-refractivity contribution < 1.29 is 19.3 Å². The van der Waals surface area contributed by atoms with Crippen molar-refractivity contribution in [3.8, 4) is 17.2 Å². The van der Waals surface area contributed by atoms with Gasteiger partial charge < -0.3 is 23.9 Å². The highest BCUT2D eigenvalue weighted by Crippen LogP contribution is 2.31. The number of nitrogens with zero attached hydrogens (tertiary/aromatic N) is 3. The average Bonchev–Trinajstić information content (AvgIpc) is 3.32. The lowest BCUT2D eigenvalue weighted by Crippen LogP contribution is -2.51. The first-order valence-corrected chi connectivity index (χ1v) is 12.9. The standard InChI is InChI=1S/C28H36ClN3O4/c1-4-27-30-11-13-32(27)14-15-35-26-17-22(7-9-24(26)34-3)18-31-12-5-10-28(33,19-31)20-36-25-16-21(2)6-8-23(25)29/h6-9,11,13,16-17,33H,4-5,10,12,14-15,18-20H2,1-3H3. The number of piperidine rings is 1. The van der Waals surface area contributed by atoms with Crippen molar-refractivity contribution in [2.24, 2.45) is 0 Å². The minimum atomic E-state index is -0.932. The summed E-state index contributed by atoms with van der Waals surface area (Å²) >= 11 is 6.27. The minimum Gasteiger partial charge on any atom is -0.493 e. The zero-order valence-electron chi connectivity index (χ0n) is 21.4. The second-order valence-electron chi connectivity index (χ2n) is 9.49. The average molecular weight is 514 g/mol. The van der Waals surface area contributed by atoms with Gasteiger partial charge in [-0.05, 0) is 61.7 Å². The molecule has 0 amide bonds. The van der Waals surface area contributed by atoms with E-state index in [2.05, 4.69) is 21.4 Å². The lowest BCUT2D eigenvalue weighted by atomic mass is 9.93. The molecule has 1 atom stereocenters. The van der Waals surface area contributed by atoms with E-state index in [-0.39, 0.29) is 6.61 Å². The first-order valence-electron chi connectivity index (χ1n) is 12.5. The molecule has 1 aliphatic rings. The third-order valence-electron chi connectivity index (χ3n) is 6.56. The quantitative estimate of drug-likeness (QED) is 0.393. The van der Waals surface area contributed by atoms with Crippen LogP contribution in [0.15, 0.2) is 48.8 Å². The first-order chi connectivity index (χ1) is 17.4. The van der Waals surface area contributed by atoms with E-state index in [1.54, 1.807) is 7.11 Å². The molecule has 1 fully saturated rings. The number of β-amino-alcohol motifs (C(OH)–C–C–N with tert-alkyl or cyclic N) is 1. The summed E-state index contributed by atoms with van der Waals surface area (Å²) in [5.41, 5.74) is 1.24. The van der Waals surface area contributed by atoms with Crippen LogP contribution in [0.3, 0.4) is 0 Å². The maximum atomic E-state index is 11.3. The van der Waals surface area contributed by atoms with Gasteiger partial charge in [-0.3, -0.25) is 4.90 Å². The Kier molecular flexibility index (Phi) is 8.77. The monoisotopic (exact) mass is 513 g/mol. The smallest absolute Gasteiger partial charge is 0.161 e. The third kappa shape index (κ3) is 6.72. The summed E-state index contributed by atoms with van der Waals surface area (Å²) in [5.74, 6) is 3.09. The molecular formula is C28H36ClN3O4. The number of aliphatic hydroxyl groups is 1. The van der Waals surface area contributed by atoms with E-state index < -0.39 is 5.60 Å². The number of ether oxygens (including phenoxy) is 3. The number of rotatable bonds is 11. The molecule has 0 radical (unpaired) electrons. The van der Waals surface area contributed by atoms with Gasteiger partial charge in [0.1, 0.15) is 30.4 Å². The molecule has 2 aromatic carbocycles. The molecule has 1 aliphatic heterocycles. The van der Waals surface area contributed by atoms with Gasteiger partial charge in [0, 0.05) is 31.9 Å². The Balaban J connectivity index is 1.36. The Morgan fingerprint density at radius 1 is 1.11 bits per heavy atom. The van der Waals surface area contributed by atoms with Crippen molar-refractivity contribution in [1.29, 1.82) is 0 Å². The largest absolute Gasteiger partial charge is 0.493 e. The van der Waals surface area contributed by atoms with Crippen LogP contribution in [-0.2, 0) is 19.5 Å². The number of methoxy groups -OCH3 is 1. The first kappa shape index (κ1) is 26.3. The Morgan fingerprint density at radius 3 is 2.78 bits per heavy atom. The number of imidazole rings is 1. The Morgan fingerprint density at radius 2 is 1.97 bits per heavy atom. The number of halogens is 1. The summed E-state index contributed by atoms with van der Waals surface area (Å²) in [6.45, 7) is 7.68. The highest BCUT2D eigenvalue weighted by atomic mass is 35.5. The zero-order chi connectivity index (χ0) is 25.5. The van der Waals surface area contributed by atoms with E-state index in [1.807, 2.05) is 55.7 Å². The van der Waals surface area contributed by atoms with Gasteiger partial charge in [-0.25, -0.2) is 4.98 Å². The summed E-state index contributed by atoms with van der Waals surface area (Å²) in [5, 5.41) is 11.8. The van der Waals surface area contributed by atoms with Crippen LogP contribution in [0, 0.1) is 6.92 Å². The Bertz CT molecular complexity index is 1150. The van der Waals surface area contributed by atoms with Gasteiger partial charge in [0.05, 0.1) is 18.7 Å². The van der Waals surface area contributed by atoms with Crippen molar-refractivity contribution in [1.82, 2.24) is 14.5 Å². The molecule has 4 rings (SSSR count). The van der Waals surface area contributed by atoms with Crippen molar-refractivity contribution >= 4 is 11.6 Å². The second-order valence-corrected chi connectivity index (χ2v) is 9.89. The van der Waals surface area contributed by atoms with Crippen LogP contribution in [-0.4, -0.2) is 58.6 Å². The number of benzene rings is 2. The van der Waals surface area contributed by atoms with Gasteiger partial charge in [-0.1, -0.05) is 30.7 Å². The molecule has 0 saturated carbocycles. The van der Waals surface area contributed by atoms with Crippen LogP contribution < -0.4 is 14.2 Å². The van der Waals surface area contributed by atoms with Gasteiger partial charge >= 0.3 is 0 Å². The zero-order valence-corrected chi connectivity index (χ0v) is 22.1. The van der Waals surface area contributed by atoms with Gasteiger partial charge in [0.15, 0.2) is 11.5 Å². The lowest BCUT2D eigenvalue weighted by molar-refractivity contribution is -0.0621. The van der Waals surface area contributed by atoms with Gasteiger partial charge in [0.2, 0.25) is 0 Å². The molecule has 36 heavy (non-hydrogen) atoms. The molecular weight excluding hydrogens is 478 g/mol. The molecule has 7 nitrogen and oxygen atoms in total. The molecule has 0 spiro atoms. The lowest BCUT2D eigenvalue weighted by Gasteiger charge is -2.39. The number of aromatic nitrogens is 2. The van der Waals surface area contributed by atoms with Gasteiger partial charge in [-0.2, -0.15) is 0 Å². The van der Waals surface area contributed by atoms with E-state index in [9.17, 15) is 5.11 Å². The molecule has 1 saturated heterocycles. The van der Waals surface area contributed by atoms with Crippen LogP contribution in [0.2, 0.25) is 5.02 Å². The summed E-state index contributed by atoms with van der Waals surface area (Å²) in [7, 11) is 1.65. The molecule has 1 aromatic heterocycles. The highest BCUT2D eigenvalue weighted by molar-refractivity contribution is 6.32. The molecule has 2 heterocycles. The van der Waals surface area contributed by atoms with Crippen LogP contribution in [0.1, 0.15) is 36.7 Å².